The molecule has 0 aliphatic heterocycles. The Morgan fingerprint density at radius 2 is 1.88 bits per heavy atom. The van der Waals surface area contributed by atoms with Gasteiger partial charge in [0.1, 0.15) is 11.5 Å². The zero-order valence-corrected chi connectivity index (χ0v) is 13.8. The lowest BCUT2D eigenvalue weighted by Gasteiger charge is -2.13. The van der Waals surface area contributed by atoms with Gasteiger partial charge in [-0.2, -0.15) is 0 Å². The second kappa shape index (κ2) is 7.40. The van der Waals surface area contributed by atoms with E-state index in [1.807, 2.05) is 0 Å². The molecular formula is C16H11F3N4O2S. The summed E-state index contributed by atoms with van der Waals surface area (Å²) < 4.78 is 41.2. The summed E-state index contributed by atoms with van der Waals surface area (Å²) in [5.41, 5.74) is -0.0581. The molecule has 0 aliphatic carbocycles. The van der Waals surface area contributed by atoms with Crippen molar-refractivity contribution in [2.75, 3.05) is 10.6 Å². The monoisotopic (exact) mass is 380 g/mol. The lowest BCUT2D eigenvalue weighted by atomic mass is 10.3. The molecule has 0 saturated heterocycles. The van der Waals surface area contributed by atoms with Crippen molar-refractivity contribution in [2.24, 2.45) is 0 Å². The van der Waals surface area contributed by atoms with Crippen LogP contribution in [0.1, 0.15) is 10.5 Å². The maximum absolute atomic E-state index is 12.4. The normalized spacial score (nSPS) is 11.0. The highest BCUT2D eigenvalue weighted by Crippen LogP contribution is 2.30. The Bertz CT molecular complexity index is 900. The van der Waals surface area contributed by atoms with Gasteiger partial charge in [0.25, 0.3) is 5.91 Å². The molecule has 1 amide bonds. The van der Waals surface area contributed by atoms with Crippen LogP contribution < -0.4 is 15.4 Å². The number of carbonyl (C=O) groups is 1. The summed E-state index contributed by atoms with van der Waals surface area (Å²) in [7, 11) is 0. The SMILES string of the molecule is O=C(Nc1ccccc1OC(F)(F)F)c1csc(Nc2ccccn2)n1. The predicted octanol–water partition coefficient (Wildman–Crippen LogP) is 4.43. The van der Waals surface area contributed by atoms with Crippen molar-refractivity contribution >= 4 is 33.9 Å². The molecule has 0 bridgehead atoms. The maximum atomic E-state index is 12.4. The van der Waals surface area contributed by atoms with E-state index < -0.39 is 18.0 Å². The lowest BCUT2D eigenvalue weighted by molar-refractivity contribution is -0.274. The van der Waals surface area contributed by atoms with Gasteiger partial charge in [0.05, 0.1) is 5.69 Å². The van der Waals surface area contributed by atoms with E-state index in [2.05, 4.69) is 25.3 Å². The number of alkyl halides is 3. The van der Waals surface area contributed by atoms with Crippen molar-refractivity contribution < 1.29 is 22.7 Å². The average Bonchev–Trinajstić information content (AvgIpc) is 3.05. The van der Waals surface area contributed by atoms with E-state index in [9.17, 15) is 18.0 Å². The first-order valence-electron chi connectivity index (χ1n) is 7.20. The van der Waals surface area contributed by atoms with Gasteiger partial charge in [0.15, 0.2) is 10.9 Å². The van der Waals surface area contributed by atoms with E-state index in [-0.39, 0.29) is 11.4 Å². The number of halogens is 3. The Morgan fingerprint density at radius 3 is 2.62 bits per heavy atom. The highest BCUT2D eigenvalue weighted by atomic mass is 32.1. The van der Waals surface area contributed by atoms with E-state index in [0.29, 0.717) is 10.9 Å². The van der Waals surface area contributed by atoms with Gasteiger partial charge in [-0.3, -0.25) is 4.79 Å². The summed E-state index contributed by atoms with van der Waals surface area (Å²) in [5.74, 6) is -0.610. The van der Waals surface area contributed by atoms with Gasteiger partial charge in [-0.1, -0.05) is 18.2 Å². The summed E-state index contributed by atoms with van der Waals surface area (Å²) in [4.78, 5) is 20.4. The van der Waals surface area contributed by atoms with Crippen molar-refractivity contribution in [1.82, 2.24) is 9.97 Å². The van der Waals surface area contributed by atoms with Crippen molar-refractivity contribution in [3.05, 3.63) is 59.7 Å². The Morgan fingerprint density at radius 1 is 1.12 bits per heavy atom. The van der Waals surface area contributed by atoms with Crippen molar-refractivity contribution in [3.8, 4) is 5.75 Å². The van der Waals surface area contributed by atoms with Gasteiger partial charge in [-0.15, -0.1) is 24.5 Å². The number of pyridine rings is 1. The first-order chi connectivity index (χ1) is 12.4. The quantitative estimate of drug-likeness (QED) is 0.685. The summed E-state index contributed by atoms with van der Waals surface area (Å²) in [6, 6.07) is 10.5. The topological polar surface area (TPSA) is 76.1 Å². The molecule has 0 spiro atoms. The first kappa shape index (κ1) is 17.7. The van der Waals surface area contributed by atoms with Gasteiger partial charge in [0.2, 0.25) is 0 Å². The minimum absolute atomic E-state index is 0.0512. The smallest absolute Gasteiger partial charge is 0.404 e. The maximum Gasteiger partial charge on any atom is 0.573 e. The molecule has 2 aromatic heterocycles. The zero-order chi connectivity index (χ0) is 18.6. The van der Waals surface area contributed by atoms with Crippen molar-refractivity contribution in [2.45, 2.75) is 6.36 Å². The van der Waals surface area contributed by atoms with Crippen LogP contribution in [0, 0.1) is 0 Å². The minimum Gasteiger partial charge on any atom is -0.404 e. The largest absolute Gasteiger partial charge is 0.573 e. The van der Waals surface area contributed by atoms with Crippen LogP contribution in [0.15, 0.2) is 54.0 Å². The van der Waals surface area contributed by atoms with Gasteiger partial charge in [-0.25, -0.2) is 9.97 Å². The molecule has 0 atom stereocenters. The Hall–Kier alpha value is -3.14. The van der Waals surface area contributed by atoms with Crippen LogP contribution in [0.5, 0.6) is 5.75 Å². The van der Waals surface area contributed by atoms with Gasteiger partial charge < -0.3 is 15.4 Å². The van der Waals surface area contributed by atoms with Crippen LogP contribution in [0.2, 0.25) is 0 Å². The molecule has 1 aromatic carbocycles. The molecule has 10 heteroatoms. The van der Waals surface area contributed by atoms with Gasteiger partial charge >= 0.3 is 6.36 Å². The molecule has 0 aliphatic rings. The van der Waals surface area contributed by atoms with Crippen LogP contribution in [0.3, 0.4) is 0 Å². The molecule has 26 heavy (non-hydrogen) atoms. The van der Waals surface area contributed by atoms with E-state index in [1.165, 1.54) is 23.6 Å². The van der Waals surface area contributed by atoms with Crippen LogP contribution >= 0.6 is 11.3 Å². The highest BCUT2D eigenvalue weighted by Gasteiger charge is 2.32. The fraction of sp³-hybridized carbons (Fsp3) is 0.0625. The number of aromatic nitrogens is 2. The molecule has 0 fully saturated rings. The summed E-state index contributed by atoms with van der Waals surface area (Å²) >= 11 is 1.16. The van der Waals surface area contributed by atoms with E-state index in [4.69, 9.17) is 0 Å². The molecule has 0 saturated carbocycles. The number of hydrogen-bond donors (Lipinski definition) is 2. The first-order valence-corrected chi connectivity index (χ1v) is 8.08. The molecule has 2 heterocycles. The van der Waals surface area contributed by atoms with Crippen LogP contribution in [0.4, 0.5) is 29.8 Å². The van der Waals surface area contributed by atoms with Crippen LogP contribution in [-0.4, -0.2) is 22.2 Å². The number of amides is 1. The fourth-order valence-corrected chi connectivity index (χ4v) is 2.65. The number of thiazole rings is 1. The predicted molar refractivity (Wildman–Crippen MR) is 90.7 cm³/mol. The van der Waals surface area contributed by atoms with Crippen molar-refractivity contribution in [3.63, 3.8) is 0 Å². The van der Waals surface area contributed by atoms with E-state index >= 15 is 0 Å². The Labute approximate surface area is 149 Å². The molecule has 2 N–H and O–H groups in total. The summed E-state index contributed by atoms with van der Waals surface area (Å²) in [6.07, 6.45) is -3.26. The number of para-hydroxylation sites is 2. The Kier molecular flexibility index (Phi) is 5.03. The van der Waals surface area contributed by atoms with E-state index in [0.717, 1.165) is 17.4 Å². The molecule has 0 radical (unpaired) electrons. The standard InChI is InChI=1S/C16H11F3N4O2S/c17-16(18,19)25-12-6-2-1-5-10(12)21-14(24)11-9-26-15(22-11)23-13-7-3-4-8-20-13/h1-9H,(H,21,24)(H,20,22,23). The number of nitrogens with one attached hydrogen (secondary N) is 2. The second-order valence-electron chi connectivity index (χ2n) is 4.88. The van der Waals surface area contributed by atoms with Crippen LogP contribution in [-0.2, 0) is 0 Å². The second-order valence-corrected chi connectivity index (χ2v) is 5.73. The molecule has 3 aromatic rings. The number of benzene rings is 1. The third kappa shape index (κ3) is 4.70. The molecule has 6 nitrogen and oxygen atoms in total. The molecule has 0 unspecified atom stereocenters. The molecule has 134 valence electrons. The number of rotatable bonds is 5. The highest BCUT2D eigenvalue weighted by molar-refractivity contribution is 7.14. The van der Waals surface area contributed by atoms with Crippen LogP contribution in [0.25, 0.3) is 0 Å². The molecular weight excluding hydrogens is 369 g/mol. The number of hydrogen-bond acceptors (Lipinski definition) is 6. The number of ether oxygens (including phenoxy) is 1. The number of anilines is 3. The van der Waals surface area contributed by atoms with Crippen molar-refractivity contribution in [1.29, 1.82) is 0 Å². The molecule has 3 rings (SSSR count). The number of carbonyl (C=O) groups excluding carboxylic acids is 1. The minimum atomic E-state index is -4.86. The summed E-state index contributed by atoms with van der Waals surface area (Å²) in [6.45, 7) is 0. The zero-order valence-electron chi connectivity index (χ0n) is 12.9. The average molecular weight is 380 g/mol. The summed E-state index contributed by atoms with van der Waals surface area (Å²) in [5, 5.41) is 7.20. The third-order valence-electron chi connectivity index (χ3n) is 3.00. The van der Waals surface area contributed by atoms with Gasteiger partial charge in [0, 0.05) is 11.6 Å². The van der Waals surface area contributed by atoms with Gasteiger partial charge in [-0.05, 0) is 24.3 Å². The van der Waals surface area contributed by atoms with E-state index in [1.54, 1.807) is 24.4 Å². The fourth-order valence-electron chi connectivity index (χ4n) is 1.95. The third-order valence-corrected chi connectivity index (χ3v) is 3.76. The Balaban J connectivity index is 1.71. The lowest BCUT2D eigenvalue weighted by Crippen LogP contribution is -2.19. The number of nitrogens with zero attached hydrogens (tertiary/aromatic N) is 2.